The van der Waals surface area contributed by atoms with Gasteiger partial charge in [-0.1, -0.05) is 6.92 Å². The number of nitrogens with one attached hydrogen (secondary N) is 1. The molecule has 0 aromatic carbocycles. The molecule has 3 nitrogen and oxygen atoms in total. The zero-order valence-corrected chi connectivity index (χ0v) is 12.8. The molecule has 1 aromatic rings. The zero-order valence-electron chi connectivity index (χ0n) is 12.0. The van der Waals surface area contributed by atoms with Crippen molar-refractivity contribution in [3.05, 3.63) is 16.1 Å². The van der Waals surface area contributed by atoms with Crippen LogP contribution in [0.1, 0.15) is 43.3 Å². The van der Waals surface area contributed by atoms with Crippen molar-refractivity contribution in [1.29, 1.82) is 0 Å². The number of aryl methyl sites for hydroxylation is 1. The van der Waals surface area contributed by atoms with Crippen LogP contribution in [0, 0.1) is 5.41 Å². The van der Waals surface area contributed by atoms with Crippen LogP contribution in [0.15, 0.2) is 5.38 Å². The van der Waals surface area contributed by atoms with E-state index in [0.29, 0.717) is 5.41 Å². The van der Waals surface area contributed by atoms with Gasteiger partial charge < -0.3 is 5.32 Å². The summed E-state index contributed by atoms with van der Waals surface area (Å²) < 4.78 is 0. The number of likely N-dealkylation sites (tertiary alicyclic amines) is 1. The first-order chi connectivity index (χ1) is 9.30. The molecule has 1 N–H and O–H groups in total. The van der Waals surface area contributed by atoms with Crippen molar-refractivity contribution in [3.63, 3.8) is 0 Å². The van der Waals surface area contributed by atoms with Gasteiger partial charge in [0.05, 0.1) is 10.7 Å². The molecule has 1 spiro atoms. The molecule has 1 aromatic heterocycles. The van der Waals surface area contributed by atoms with Gasteiger partial charge in [-0.25, -0.2) is 4.98 Å². The predicted molar refractivity (Wildman–Crippen MR) is 80.5 cm³/mol. The molecule has 2 fully saturated rings. The van der Waals surface area contributed by atoms with Crippen molar-refractivity contribution in [2.75, 3.05) is 26.2 Å². The summed E-state index contributed by atoms with van der Waals surface area (Å²) in [5.41, 5.74) is 1.84. The topological polar surface area (TPSA) is 28.2 Å². The third kappa shape index (κ3) is 3.18. The van der Waals surface area contributed by atoms with Gasteiger partial charge >= 0.3 is 0 Å². The molecule has 2 aliphatic heterocycles. The largest absolute Gasteiger partial charge is 0.316 e. The number of rotatable bonds is 3. The summed E-state index contributed by atoms with van der Waals surface area (Å²) in [6.07, 6.45) is 6.59. The monoisotopic (exact) mass is 279 g/mol. The lowest BCUT2D eigenvalue weighted by Gasteiger charge is -2.45. The average Bonchev–Trinajstić information content (AvgIpc) is 2.87. The van der Waals surface area contributed by atoms with Crippen LogP contribution in [0.5, 0.6) is 0 Å². The highest BCUT2D eigenvalue weighted by molar-refractivity contribution is 7.09. The fourth-order valence-electron chi connectivity index (χ4n) is 3.64. The lowest BCUT2D eigenvalue weighted by molar-refractivity contribution is 0.0594. The summed E-state index contributed by atoms with van der Waals surface area (Å²) >= 11 is 1.82. The van der Waals surface area contributed by atoms with E-state index in [1.54, 1.807) is 0 Å². The van der Waals surface area contributed by atoms with Crippen molar-refractivity contribution >= 4 is 11.3 Å². The van der Waals surface area contributed by atoms with Crippen LogP contribution in [0.2, 0.25) is 0 Å². The molecule has 2 aliphatic rings. The minimum Gasteiger partial charge on any atom is -0.316 e. The van der Waals surface area contributed by atoms with Crippen LogP contribution in [0.3, 0.4) is 0 Å². The second-order valence-electron chi connectivity index (χ2n) is 6.18. The van der Waals surface area contributed by atoms with Crippen molar-refractivity contribution in [2.24, 2.45) is 5.41 Å². The zero-order chi connectivity index (χ0) is 13.1. The first-order valence-corrected chi connectivity index (χ1v) is 8.54. The van der Waals surface area contributed by atoms with Crippen LogP contribution in [-0.4, -0.2) is 36.1 Å². The Balaban J connectivity index is 1.61. The van der Waals surface area contributed by atoms with Crippen LogP contribution in [0.25, 0.3) is 0 Å². The maximum Gasteiger partial charge on any atom is 0.0926 e. The summed E-state index contributed by atoms with van der Waals surface area (Å²) in [4.78, 5) is 7.35. The molecule has 4 heteroatoms. The molecule has 2 saturated heterocycles. The molecule has 0 saturated carbocycles. The van der Waals surface area contributed by atoms with E-state index in [1.165, 1.54) is 62.6 Å². The first-order valence-electron chi connectivity index (χ1n) is 7.66. The van der Waals surface area contributed by atoms with E-state index in [1.807, 2.05) is 11.3 Å². The molecule has 0 radical (unpaired) electrons. The molecular weight excluding hydrogens is 254 g/mol. The molecule has 3 rings (SSSR count). The lowest BCUT2D eigenvalue weighted by atomic mass is 9.74. The molecule has 0 amide bonds. The number of hydrogen-bond donors (Lipinski definition) is 1. The predicted octanol–water partition coefficient (Wildman–Crippen LogP) is 2.67. The Labute approximate surface area is 120 Å². The highest BCUT2D eigenvalue weighted by Crippen LogP contribution is 2.36. The summed E-state index contributed by atoms with van der Waals surface area (Å²) in [5.74, 6) is 0. The molecule has 3 heterocycles. The Morgan fingerprint density at radius 2 is 2.32 bits per heavy atom. The Morgan fingerprint density at radius 3 is 3.05 bits per heavy atom. The van der Waals surface area contributed by atoms with Gasteiger partial charge in [0.1, 0.15) is 0 Å². The maximum atomic E-state index is 4.72. The normalized spacial score (nSPS) is 28.9. The number of thiazole rings is 1. The summed E-state index contributed by atoms with van der Waals surface area (Å²) in [6, 6.07) is 0. The Morgan fingerprint density at radius 1 is 1.42 bits per heavy atom. The minimum atomic E-state index is 0.556. The Kier molecular flexibility index (Phi) is 4.20. The van der Waals surface area contributed by atoms with E-state index in [9.17, 15) is 0 Å². The molecule has 1 atom stereocenters. The van der Waals surface area contributed by atoms with E-state index in [4.69, 9.17) is 4.98 Å². The number of piperidine rings is 2. The third-order valence-electron chi connectivity index (χ3n) is 4.59. The number of hydrogen-bond acceptors (Lipinski definition) is 4. The quantitative estimate of drug-likeness (QED) is 0.922. The molecular formula is C15H25N3S. The number of nitrogens with zero attached hydrogens (tertiary/aromatic N) is 2. The third-order valence-corrected chi connectivity index (χ3v) is 5.63. The molecule has 0 aliphatic carbocycles. The van der Waals surface area contributed by atoms with E-state index in [2.05, 4.69) is 22.5 Å². The molecule has 0 bridgehead atoms. The summed E-state index contributed by atoms with van der Waals surface area (Å²) in [7, 11) is 0. The van der Waals surface area contributed by atoms with E-state index >= 15 is 0 Å². The van der Waals surface area contributed by atoms with Crippen LogP contribution >= 0.6 is 11.3 Å². The van der Waals surface area contributed by atoms with Crippen LogP contribution < -0.4 is 5.32 Å². The highest BCUT2D eigenvalue weighted by atomic mass is 32.1. The first kappa shape index (κ1) is 13.5. The van der Waals surface area contributed by atoms with Crippen molar-refractivity contribution in [2.45, 2.75) is 45.6 Å². The van der Waals surface area contributed by atoms with Gasteiger partial charge in [-0.3, -0.25) is 4.90 Å². The second kappa shape index (κ2) is 5.90. The summed E-state index contributed by atoms with van der Waals surface area (Å²) in [6.45, 7) is 8.19. The molecule has 106 valence electrons. The Bertz CT molecular complexity index is 404. The fourth-order valence-corrected chi connectivity index (χ4v) is 4.37. The highest BCUT2D eigenvalue weighted by Gasteiger charge is 2.36. The fraction of sp³-hybridized carbons (Fsp3) is 0.800. The average molecular weight is 279 g/mol. The van der Waals surface area contributed by atoms with Gasteiger partial charge in [0.25, 0.3) is 0 Å². The van der Waals surface area contributed by atoms with Crippen LogP contribution in [-0.2, 0) is 13.0 Å². The summed E-state index contributed by atoms with van der Waals surface area (Å²) in [5, 5.41) is 7.13. The van der Waals surface area contributed by atoms with E-state index in [0.717, 1.165) is 13.0 Å². The minimum absolute atomic E-state index is 0.556. The lowest BCUT2D eigenvalue weighted by Crippen LogP contribution is -2.50. The molecule has 1 unspecified atom stereocenters. The SMILES string of the molecule is CCc1nc(CN2CCCC3(CCCNC3)C2)cs1. The van der Waals surface area contributed by atoms with Gasteiger partial charge in [0, 0.05) is 25.0 Å². The van der Waals surface area contributed by atoms with Gasteiger partial charge in [0.2, 0.25) is 0 Å². The van der Waals surface area contributed by atoms with E-state index < -0.39 is 0 Å². The number of aromatic nitrogens is 1. The van der Waals surface area contributed by atoms with Crippen LogP contribution in [0.4, 0.5) is 0 Å². The van der Waals surface area contributed by atoms with Gasteiger partial charge in [-0.2, -0.15) is 0 Å². The Hall–Kier alpha value is -0.450. The second-order valence-corrected chi connectivity index (χ2v) is 7.12. The van der Waals surface area contributed by atoms with E-state index in [-0.39, 0.29) is 0 Å². The molecule has 19 heavy (non-hydrogen) atoms. The van der Waals surface area contributed by atoms with Gasteiger partial charge in [-0.15, -0.1) is 11.3 Å². The standard InChI is InChI=1S/C15H25N3S/c1-2-14-17-13(10-19-14)9-18-8-4-6-15(12-18)5-3-7-16-11-15/h10,16H,2-9,11-12H2,1H3. The maximum absolute atomic E-state index is 4.72. The smallest absolute Gasteiger partial charge is 0.0926 e. The van der Waals surface area contributed by atoms with Crippen molar-refractivity contribution < 1.29 is 0 Å². The van der Waals surface area contributed by atoms with Crippen molar-refractivity contribution in [3.8, 4) is 0 Å². The van der Waals surface area contributed by atoms with Gasteiger partial charge in [-0.05, 0) is 50.6 Å². The van der Waals surface area contributed by atoms with Gasteiger partial charge in [0.15, 0.2) is 0 Å². The van der Waals surface area contributed by atoms with Crippen molar-refractivity contribution in [1.82, 2.24) is 15.2 Å².